The molecule has 3 N–H and O–H groups in total. The van der Waals surface area contributed by atoms with Crippen molar-refractivity contribution in [2.45, 2.75) is 32.1 Å². The standard InChI is InChI=1S/C15H20N2O2S/c16-14(20)10-19-13-8-4-7-12(9-13)17-15(18)11-5-2-1-3-6-11/h4,7-9,11H,1-3,5-6,10H2,(H2,16,20)(H,17,18). The van der Waals surface area contributed by atoms with E-state index in [1.165, 1.54) is 6.42 Å². The van der Waals surface area contributed by atoms with E-state index in [1.807, 2.05) is 18.2 Å². The average molecular weight is 292 g/mol. The topological polar surface area (TPSA) is 64.3 Å². The summed E-state index contributed by atoms with van der Waals surface area (Å²) in [6, 6.07) is 7.30. The molecule has 1 fully saturated rings. The molecule has 5 heteroatoms. The molecule has 0 unspecified atom stereocenters. The second-order valence-electron chi connectivity index (χ2n) is 5.11. The summed E-state index contributed by atoms with van der Waals surface area (Å²) in [6.45, 7) is 0.204. The summed E-state index contributed by atoms with van der Waals surface area (Å²) in [5.74, 6) is 0.903. The highest BCUT2D eigenvalue weighted by molar-refractivity contribution is 7.80. The fourth-order valence-corrected chi connectivity index (χ4v) is 2.49. The number of carbonyl (C=O) groups is 1. The summed E-state index contributed by atoms with van der Waals surface area (Å²) in [6.07, 6.45) is 5.52. The number of benzene rings is 1. The monoisotopic (exact) mass is 292 g/mol. The molecule has 0 radical (unpaired) electrons. The molecular formula is C15H20N2O2S. The molecule has 2 rings (SSSR count). The lowest BCUT2D eigenvalue weighted by atomic mass is 9.88. The number of thiocarbonyl (C=S) groups is 1. The Morgan fingerprint density at radius 1 is 1.35 bits per heavy atom. The van der Waals surface area contributed by atoms with Crippen LogP contribution in [0, 0.1) is 5.92 Å². The lowest BCUT2D eigenvalue weighted by Gasteiger charge is -2.20. The van der Waals surface area contributed by atoms with E-state index >= 15 is 0 Å². The third kappa shape index (κ3) is 4.49. The van der Waals surface area contributed by atoms with E-state index in [0.717, 1.165) is 31.4 Å². The molecule has 4 nitrogen and oxygen atoms in total. The number of nitrogens with two attached hydrogens (primary N) is 1. The fraction of sp³-hybridized carbons (Fsp3) is 0.467. The van der Waals surface area contributed by atoms with Crippen molar-refractivity contribution in [2.75, 3.05) is 11.9 Å². The van der Waals surface area contributed by atoms with Crippen molar-refractivity contribution < 1.29 is 9.53 Å². The second kappa shape index (κ2) is 7.24. The lowest BCUT2D eigenvalue weighted by Crippen LogP contribution is -2.24. The Morgan fingerprint density at radius 2 is 2.10 bits per heavy atom. The van der Waals surface area contributed by atoms with Crippen LogP contribution in [-0.2, 0) is 4.79 Å². The van der Waals surface area contributed by atoms with Gasteiger partial charge in [0, 0.05) is 17.7 Å². The van der Waals surface area contributed by atoms with Crippen molar-refractivity contribution in [1.29, 1.82) is 0 Å². The van der Waals surface area contributed by atoms with Gasteiger partial charge in [-0.25, -0.2) is 0 Å². The molecular weight excluding hydrogens is 272 g/mol. The van der Waals surface area contributed by atoms with Crippen LogP contribution < -0.4 is 15.8 Å². The third-order valence-electron chi connectivity index (χ3n) is 3.46. The van der Waals surface area contributed by atoms with Gasteiger partial charge in [-0.05, 0) is 25.0 Å². The van der Waals surface area contributed by atoms with Gasteiger partial charge in [-0.15, -0.1) is 0 Å². The van der Waals surface area contributed by atoms with E-state index in [-0.39, 0.29) is 18.4 Å². The van der Waals surface area contributed by atoms with Gasteiger partial charge in [-0.1, -0.05) is 37.5 Å². The average Bonchev–Trinajstić information content (AvgIpc) is 2.46. The van der Waals surface area contributed by atoms with Gasteiger partial charge in [-0.3, -0.25) is 4.79 Å². The zero-order valence-corrected chi connectivity index (χ0v) is 12.2. The van der Waals surface area contributed by atoms with Crippen LogP contribution in [0.3, 0.4) is 0 Å². The summed E-state index contributed by atoms with van der Waals surface area (Å²) in [4.78, 5) is 12.5. The van der Waals surface area contributed by atoms with Crippen molar-refractivity contribution in [1.82, 2.24) is 0 Å². The maximum atomic E-state index is 12.2. The van der Waals surface area contributed by atoms with E-state index in [0.29, 0.717) is 10.7 Å². The van der Waals surface area contributed by atoms with Gasteiger partial charge in [-0.2, -0.15) is 0 Å². The Morgan fingerprint density at radius 3 is 2.80 bits per heavy atom. The molecule has 1 aromatic rings. The highest BCUT2D eigenvalue weighted by Gasteiger charge is 2.21. The zero-order chi connectivity index (χ0) is 14.4. The molecule has 0 aromatic heterocycles. The first-order valence-electron chi connectivity index (χ1n) is 6.97. The Hall–Kier alpha value is -1.62. The number of hydrogen-bond acceptors (Lipinski definition) is 3. The third-order valence-corrected chi connectivity index (χ3v) is 3.58. The van der Waals surface area contributed by atoms with E-state index in [9.17, 15) is 4.79 Å². The maximum Gasteiger partial charge on any atom is 0.227 e. The predicted molar refractivity (Wildman–Crippen MR) is 83.9 cm³/mol. The Labute approximate surface area is 124 Å². The van der Waals surface area contributed by atoms with Crippen LogP contribution in [-0.4, -0.2) is 17.5 Å². The van der Waals surface area contributed by atoms with Crippen LogP contribution in [0.5, 0.6) is 5.75 Å². The largest absolute Gasteiger partial charge is 0.486 e. The van der Waals surface area contributed by atoms with Crippen LogP contribution in [0.2, 0.25) is 0 Å². The highest BCUT2D eigenvalue weighted by Crippen LogP contribution is 2.25. The molecule has 0 spiro atoms. The molecule has 0 heterocycles. The molecule has 20 heavy (non-hydrogen) atoms. The van der Waals surface area contributed by atoms with Crippen LogP contribution in [0.25, 0.3) is 0 Å². The van der Waals surface area contributed by atoms with Crippen LogP contribution in [0.15, 0.2) is 24.3 Å². The van der Waals surface area contributed by atoms with E-state index in [1.54, 1.807) is 6.07 Å². The summed E-state index contributed by atoms with van der Waals surface area (Å²) in [5, 5.41) is 2.96. The number of hydrogen-bond donors (Lipinski definition) is 2. The smallest absolute Gasteiger partial charge is 0.227 e. The van der Waals surface area contributed by atoms with Crippen molar-refractivity contribution in [3.63, 3.8) is 0 Å². The fourth-order valence-electron chi connectivity index (χ4n) is 2.43. The zero-order valence-electron chi connectivity index (χ0n) is 11.4. The number of ether oxygens (including phenoxy) is 1. The molecule has 1 saturated carbocycles. The van der Waals surface area contributed by atoms with Crippen molar-refractivity contribution in [2.24, 2.45) is 11.7 Å². The van der Waals surface area contributed by atoms with Gasteiger partial charge in [0.1, 0.15) is 17.3 Å². The minimum atomic E-state index is 0.108. The first kappa shape index (κ1) is 14.8. The van der Waals surface area contributed by atoms with Crippen molar-refractivity contribution >= 4 is 28.8 Å². The normalized spacial score (nSPS) is 15.6. The van der Waals surface area contributed by atoms with Crippen molar-refractivity contribution in [3.8, 4) is 5.75 Å². The lowest BCUT2D eigenvalue weighted by molar-refractivity contribution is -0.120. The van der Waals surface area contributed by atoms with Crippen LogP contribution in [0.4, 0.5) is 5.69 Å². The van der Waals surface area contributed by atoms with Gasteiger partial charge in [0.25, 0.3) is 0 Å². The minimum Gasteiger partial charge on any atom is -0.486 e. The van der Waals surface area contributed by atoms with Gasteiger partial charge >= 0.3 is 0 Å². The molecule has 108 valence electrons. The molecule has 1 amide bonds. The predicted octanol–water partition coefficient (Wildman–Crippen LogP) is 2.87. The van der Waals surface area contributed by atoms with Gasteiger partial charge < -0.3 is 15.8 Å². The van der Waals surface area contributed by atoms with Gasteiger partial charge in [0.05, 0.1) is 0 Å². The number of nitrogens with one attached hydrogen (secondary N) is 1. The minimum absolute atomic E-state index is 0.108. The first-order valence-corrected chi connectivity index (χ1v) is 7.38. The molecule has 0 aliphatic heterocycles. The van der Waals surface area contributed by atoms with Gasteiger partial charge in [0.2, 0.25) is 5.91 Å². The summed E-state index contributed by atoms with van der Waals surface area (Å²) < 4.78 is 5.42. The maximum absolute atomic E-state index is 12.2. The number of amides is 1. The van der Waals surface area contributed by atoms with E-state index in [2.05, 4.69) is 5.32 Å². The summed E-state index contributed by atoms with van der Waals surface area (Å²) >= 11 is 4.77. The van der Waals surface area contributed by atoms with Gasteiger partial charge in [0.15, 0.2) is 0 Å². The van der Waals surface area contributed by atoms with Crippen LogP contribution in [0.1, 0.15) is 32.1 Å². The number of anilines is 1. The Bertz CT molecular complexity index is 485. The molecule has 0 saturated heterocycles. The second-order valence-corrected chi connectivity index (χ2v) is 5.63. The molecule has 0 atom stereocenters. The number of rotatable bonds is 5. The van der Waals surface area contributed by atoms with E-state index in [4.69, 9.17) is 22.7 Å². The molecule has 0 bridgehead atoms. The summed E-state index contributed by atoms with van der Waals surface area (Å²) in [7, 11) is 0. The molecule has 1 aliphatic rings. The van der Waals surface area contributed by atoms with Crippen LogP contribution >= 0.6 is 12.2 Å². The first-order chi connectivity index (χ1) is 9.65. The molecule has 1 aromatic carbocycles. The quantitative estimate of drug-likeness (QED) is 0.819. The number of carbonyl (C=O) groups excluding carboxylic acids is 1. The van der Waals surface area contributed by atoms with E-state index < -0.39 is 0 Å². The SMILES string of the molecule is NC(=S)COc1cccc(NC(=O)C2CCCCC2)c1. The Kier molecular flexibility index (Phi) is 5.35. The highest BCUT2D eigenvalue weighted by atomic mass is 32.1. The van der Waals surface area contributed by atoms with Crippen molar-refractivity contribution in [3.05, 3.63) is 24.3 Å². The summed E-state index contributed by atoms with van der Waals surface area (Å²) in [5.41, 5.74) is 6.14. The molecule has 1 aliphatic carbocycles. The Balaban J connectivity index is 1.93.